The normalized spacial score (nSPS) is 18.2. The molecular formula is C21H20F2N6O. The Balaban J connectivity index is 1.59. The number of aromatic amines is 1. The van der Waals surface area contributed by atoms with E-state index in [-0.39, 0.29) is 18.1 Å². The number of halogens is 2. The number of fused-ring (bicyclic) bond motifs is 2. The van der Waals surface area contributed by atoms with Crippen LogP contribution in [0.4, 0.5) is 20.3 Å². The van der Waals surface area contributed by atoms with Crippen molar-refractivity contribution in [1.29, 1.82) is 0 Å². The number of carbonyl (C=O) groups is 1. The maximum absolute atomic E-state index is 15.2. The minimum Gasteiger partial charge on any atom is -0.374 e. The van der Waals surface area contributed by atoms with Crippen molar-refractivity contribution in [3.05, 3.63) is 42.0 Å². The summed E-state index contributed by atoms with van der Waals surface area (Å²) >= 11 is 0. The molecule has 7 nitrogen and oxygen atoms in total. The van der Waals surface area contributed by atoms with Gasteiger partial charge in [0.25, 0.3) is 0 Å². The lowest BCUT2D eigenvalue weighted by Crippen LogP contribution is -2.15. The first-order valence-electron chi connectivity index (χ1n) is 9.62. The fourth-order valence-electron chi connectivity index (χ4n) is 3.91. The van der Waals surface area contributed by atoms with E-state index in [4.69, 9.17) is 0 Å². The minimum atomic E-state index is -1.06. The molecule has 3 heterocycles. The molecular weight excluding hydrogens is 390 g/mol. The molecule has 1 amide bonds. The first-order valence-corrected chi connectivity index (χ1v) is 9.62. The third-order valence-corrected chi connectivity index (χ3v) is 5.56. The van der Waals surface area contributed by atoms with E-state index in [1.54, 1.807) is 48.9 Å². The number of aromatic nitrogens is 4. The topological polar surface area (TPSA) is 78.3 Å². The lowest BCUT2D eigenvalue weighted by molar-refractivity contribution is -0.117. The monoisotopic (exact) mass is 410 g/mol. The van der Waals surface area contributed by atoms with Crippen LogP contribution in [0.25, 0.3) is 27.5 Å². The average Bonchev–Trinajstić information content (AvgIpc) is 3.08. The summed E-state index contributed by atoms with van der Waals surface area (Å²) in [5, 5.41) is 14.8. The number of H-pyrrole nitrogens is 1. The molecule has 3 aromatic heterocycles. The first kappa shape index (κ1) is 18.5. The largest absolute Gasteiger partial charge is 0.374 e. The zero-order valence-electron chi connectivity index (χ0n) is 16.7. The molecule has 0 saturated heterocycles. The number of nitrogens with zero attached hydrogens (tertiary/aromatic N) is 4. The average molecular weight is 410 g/mol. The second-order valence-electron chi connectivity index (χ2n) is 7.88. The van der Waals surface area contributed by atoms with E-state index in [0.29, 0.717) is 22.6 Å². The summed E-state index contributed by atoms with van der Waals surface area (Å²) in [6, 6.07) is 5.43. The number of amides is 1. The number of rotatable bonds is 4. The van der Waals surface area contributed by atoms with Gasteiger partial charge in [-0.15, -0.1) is 0 Å². The standard InChI is InChI=1S/C21H20F2N6O/c1-10-17(14-9-24-26-19(14)20(18(10)23)28(2)3)11-4-5-29-12(6-11)7-16(27-29)25-21(30)13-8-15(13)22/h4-7,9,13,15H,8H2,1-3H3,(H,24,26)(H,25,27,30). The highest BCUT2D eigenvalue weighted by atomic mass is 19.1. The zero-order valence-corrected chi connectivity index (χ0v) is 16.7. The first-order chi connectivity index (χ1) is 14.3. The van der Waals surface area contributed by atoms with E-state index in [9.17, 15) is 9.18 Å². The van der Waals surface area contributed by atoms with Gasteiger partial charge < -0.3 is 10.2 Å². The molecule has 9 heteroatoms. The van der Waals surface area contributed by atoms with E-state index in [2.05, 4.69) is 20.6 Å². The van der Waals surface area contributed by atoms with E-state index in [1.807, 2.05) is 12.1 Å². The van der Waals surface area contributed by atoms with Crippen molar-refractivity contribution in [2.24, 2.45) is 5.92 Å². The van der Waals surface area contributed by atoms with Crippen LogP contribution in [-0.2, 0) is 4.79 Å². The summed E-state index contributed by atoms with van der Waals surface area (Å²) < 4.78 is 29.9. The number of carbonyl (C=O) groups excluding carboxylic acids is 1. The van der Waals surface area contributed by atoms with Crippen LogP contribution in [0.15, 0.2) is 30.6 Å². The molecule has 4 aromatic rings. The fourth-order valence-corrected chi connectivity index (χ4v) is 3.91. The molecule has 0 spiro atoms. The molecule has 1 saturated carbocycles. The van der Waals surface area contributed by atoms with Gasteiger partial charge in [0.15, 0.2) is 11.6 Å². The number of alkyl halides is 1. The Labute approximate surface area is 170 Å². The number of pyridine rings is 1. The molecule has 1 aliphatic rings. The highest BCUT2D eigenvalue weighted by Crippen LogP contribution is 2.39. The Morgan fingerprint density at radius 2 is 2.13 bits per heavy atom. The second-order valence-corrected chi connectivity index (χ2v) is 7.88. The predicted octanol–water partition coefficient (Wildman–Crippen LogP) is 3.69. The third kappa shape index (κ3) is 2.80. The Hall–Kier alpha value is -3.49. The van der Waals surface area contributed by atoms with Crippen LogP contribution in [0.5, 0.6) is 0 Å². The number of hydrogen-bond donors (Lipinski definition) is 2. The third-order valence-electron chi connectivity index (χ3n) is 5.56. The summed E-state index contributed by atoms with van der Waals surface area (Å²) in [6.07, 6.45) is 2.64. The Kier molecular flexibility index (Phi) is 4.02. The van der Waals surface area contributed by atoms with Gasteiger partial charge in [-0.2, -0.15) is 10.2 Å². The highest BCUT2D eigenvalue weighted by molar-refractivity contribution is 6.03. The maximum atomic E-state index is 15.2. The molecule has 5 rings (SSSR count). The van der Waals surface area contributed by atoms with Crippen LogP contribution in [0, 0.1) is 18.7 Å². The van der Waals surface area contributed by atoms with E-state index in [1.165, 1.54) is 0 Å². The van der Waals surface area contributed by atoms with Gasteiger partial charge in [-0.25, -0.2) is 13.3 Å². The van der Waals surface area contributed by atoms with Crippen LogP contribution in [0.1, 0.15) is 12.0 Å². The van der Waals surface area contributed by atoms with E-state index < -0.39 is 12.1 Å². The molecule has 0 aliphatic heterocycles. The molecule has 2 unspecified atom stereocenters. The second kappa shape index (κ2) is 6.51. The Bertz CT molecular complexity index is 1310. The van der Waals surface area contributed by atoms with Gasteiger partial charge in [-0.1, -0.05) is 0 Å². The molecule has 2 N–H and O–H groups in total. The minimum absolute atomic E-state index is 0.262. The number of anilines is 2. The Morgan fingerprint density at radius 3 is 2.83 bits per heavy atom. The van der Waals surface area contributed by atoms with Crippen LogP contribution in [0.3, 0.4) is 0 Å². The zero-order chi connectivity index (χ0) is 21.2. The molecule has 30 heavy (non-hydrogen) atoms. The van der Waals surface area contributed by atoms with Gasteiger partial charge in [0.1, 0.15) is 6.17 Å². The highest BCUT2D eigenvalue weighted by Gasteiger charge is 2.43. The van der Waals surface area contributed by atoms with E-state index in [0.717, 1.165) is 22.0 Å². The fraction of sp³-hybridized carbons (Fsp3) is 0.286. The molecule has 1 aliphatic carbocycles. The van der Waals surface area contributed by atoms with Crippen LogP contribution in [-0.4, -0.2) is 46.0 Å². The van der Waals surface area contributed by atoms with Crippen LogP contribution < -0.4 is 10.2 Å². The number of benzene rings is 1. The molecule has 0 radical (unpaired) electrons. The molecule has 2 atom stereocenters. The Morgan fingerprint density at radius 1 is 1.37 bits per heavy atom. The predicted molar refractivity (Wildman–Crippen MR) is 111 cm³/mol. The summed E-state index contributed by atoms with van der Waals surface area (Å²) in [5.41, 5.74) is 3.89. The molecule has 154 valence electrons. The molecule has 1 fully saturated rings. The van der Waals surface area contributed by atoms with Crippen LogP contribution >= 0.6 is 0 Å². The number of nitrogens with one attached hydrogen (secondary N) is 2. The van der Waals surface area contributed by atoms with Gasteiger partial charge in [0, 0.05) is 31.7 Å². The SMILES string of the molecule is Cc1c(F)c(N(C)C)c2[nH]ncc2c1-c1ccn2nc(NC(=O)C3CC3F)cc2c1. The van der Waals surface area contributed by atoms with E-state index >= 15 is 4.39 Å². The maximum Gasteiger partial charge on any atom is 0.231 e. The van der Waals surface area contributed by atoms with Crippen molar-refractivity contribution in [1.82, 2.24) is 19.8 Å². The quantitative estimate of drug-likeness (QED) is 0.538. The summed E-state index contributed by atoms with van der Waals surface area (Å²) in [6.45, 7) is 1.75. The summed E-state index contributed by atoms with van der Waals surface area (Å²) in [7, 11) is 3.58. The number of hydrogen-bond acceptors (Lipinski definition) is 4. The summed E-state index contributed by atoms with van der Waals surface area (Å²) in [4.78, 5) is 13.7. The van der Waals surface area contributed by atoms with Gasteiger partial charge in [0.05, 0.1) is 28.8 Å². The molecule has 0 bridgehead atoms. The van der Waals surface area contributed by atoms with Crippen molar-refractivity contribution in [3.8, 4) is 11.1 Å². The lowest BCUT2D eigenvalue weighted by Gasteiger charge is -2.19. The van der Waals surface area contributed by atoms with Crippen molar-refractivity contribution in [2.45, 2.75) is 19.5 Å². The van der Waals surface area contributed by atoms with Gasteiger partial charge in [-0.05, 0) is 42.2 Å². The smallest absolute Gasteiger partial charge is 0.231 e. The van der Waals surface area contributed by atoms with Gasteiger partial charge >= 0.3 is 0 Å². The van der Waals surface area contributed by atoms with Crippen molar-refractivity contribution in [3.63, 3.8) is 0 Å². The van der Waals surface area contributed by atoms with Crippen molar-refractivity contribution in [2.75, 3.05) is 24.3 Å². The van der Waals surface area contributed by atoms with Crippen LogP contribution in [0.2, 0.25) is 0 Å². The van der Waals surface area contributed by atoms with Gasteiger partial charge in [-0.3, -0.25) is 9.89 Å². The summed E-state index contributed by atoms with van der Waals surface area (Å²) in [5.74, 6) is -0.891. The van der Waals surface area contributed by atoms with Crippen molar-refractivity contribution >= 4 is 33.8 Å². The van der Waals surface area contributed by atoms with Gasteiger partial charge in [0.2, 0.25) is 5.91 Å². The van der Waals surface area contributed by atoms with Crippen molar-refractivity contribution < 1.29 is 13.6 Å². The molecule has 1 aromatic carbocycles. The lowest BCUT2D eigenvalue weighted by atomic mass is 9.95.